The van der Waals surface area contributed by atoms with Crippen LogP contribution < -0.4 is 0 Å². The van der Waals surface area contributed by atoms with Crippen molar-refractivity contribution in [2.24, 2.45) is 17.3 Å². The molecule has 4 nitrogen and oxygen atoms in total. The Hall–Kier alpha value is -1.32. The number of ether oxygens (including phenoxy) is 2. The zero-order chi connectivity index (χ0) is 13.2. The number of hydrogen-bond donors (Lipinski definition) is 0. The van der Waals surface area contributed by atoms with Crippen molar-refractivity contribution in [3.8, 4) is 0 Å². The van der Waals surface area contributed by atoms with E-state index in [0.717, 1.165) is 0 Å². The second-order valence-corrected chi connectivity index (χ2v) is 4.92. The van der Waals surface area contributed by atoms with Crippen molar-refractivity contribution >= 4 is 11.9 Å². The predicted octanol–water partition coefficient (Wildman–Crippen LogP) is 1.94. The molecule has 4 heteroatoms. The van der Waals surface area contributed by atoms with Crippen LogP contribution in [0.4, 0.5) is 0 Å². The van der Waals surface area contributed by atoms with E-state index in [9.17, 15) is 9.59 Å². The minimum Gasteiger partial charge on any atom is -0.466 e. The number of carbonyl (C=O) groups is 2. The summed E-state index contributed by atoms with van der Waals surface area (Å²) >= 11 is 0. The van der Waals surface area contributed by atoms with Crippen molar-refractivity contribution < 1.29 is 19.1 Å². The average molecular weight is 240 g/mol. The minimum atomic E-state index is -0.352. The highest BCUT2D eigenvalue weighted by Gasteiger charge is 2.61. The first-order valence-electron chi connectivity index (χ1n) is 5.79. The summed E-state index contributed by atoms with van der Waals surface area (Å²) in [5, 5.41) is 0. The lowest BCUT2D eigenvalue weighted by Crippen LogP contribution is -2.10. The van der Waals surface area contributed by atoms with E-state index >= 15 is 0 Å². The van der Waals surface area contributed by atoms with Crippen molar-refractivity contribution in [1.29, 1.82) is 0 Å². The number of esters is 2. The molecule has 0 aliphatic heterocycles. The largest absolute Gasteiger partial charge is 0.466 e. The van der Waals surface area contributed by atoms with Crippen molar-refractivity contribution in [3.63, 3.8) is 0 Å². The van der Waals surface area contributed by atoms with E-state index in [1.165, 1.54) is 7.11 Å². The summed E-state index contributed by atoms with van der Waals surface area (Å²) in [7, 11) is 1.35. The molecule has 0 bridgehead atoms. The minimum absolute atomic E-state index is 0.0562. The van der Waals surface area contributed by atoms with Crippen LogP contribution in [0.5, 0.6) is 0 Å². The molecule has 1 saturated carbocycles. The molecule has 0 unspecified atom stereocenters. The third kappa shape index (κ3) is 2.68. The van der Waals surface area contributed by atoms with Crippen LogP contribution >= 0.6 is 0 Å². The monoisotopic (exact) mass is 240 g/mol. The Balaban J connectivity index is 2.75. The van der Waals surface area contributed by atoms with Gasteiger partial charge in [-0.3, -0.25) is 4.79 Å². The molecule has 0 aromatic heterocycles. The third-order valence-corrected chi connectivity index (χ3v) is 3.39. The molecular formula is C13H20O4. The molecule has 96 valence electrons. The molecule has 1 fully saturated rings. The molecule has 17 heavy (non-hydrogen) atoms. The zero-order valence-corrected chi connectivity index (χ0v) is 11.1. The summed E-state index contributed by atoms with van der Waals surface area (Å²) in [4.78, 5) is 23.0. The first-order chi connectivity index (χ1) is 7.86. The molecule has 0 N–H and O–H groups in total. The number of methoxy groups -OCH3 is 1. The van der Waals surface area contributed by atoms with E-state index in [4.69, 9.17) is 4.74 Å². The SMILES string of the molecule is CCOC(=O)[C@@H]1[C@@H](/C=C(/C)C(=O)OC)C1(C)C. The van der Waals surface area contributed by atoms with Crippen LogP contribution in [0.2, 0.25) is 0 Å². The molecule has 2 atom stereocenters. The van der Waals surface area contributed by atoms with Crippen LogP contribution in [0.1, 0.15) is 27.7 Å². The van der Waals surface area contributed by atoms with Gasteiger partial charge in [0, 0.05) is 5.57 Å². The summed E-state index contributed by atoms with van der Waals surface area (Å²) < 4.78 is 9.64. The Kier molecular flexibility index (Phi) is 3.96. The second kappa shape index (κ2) is 4.90. The fourth-order valence-corrected chi connectivity index (χ4v) is 2.17. The number of carbonyl (C=O) groups excluding carboxylic acids is 2. The van der Waals surface area contributed by atoms with Gasteiger partial charge < -0.3 is 9.47 Å². The maximum absolute atomic E-state index is 11.7. The molecule has 0 aromatic carbocycles. The van der Waals surface area contributed by atoms with E-state index in [2.05, 4.69) is 4.74 Å². The first kappa shape index (κ1) is 13.7. The predicted molar refractivity (Wildman–Crippen MR) is 63.2 cm³/mol. The highest BCUT2D eigenvalue weighted by molar-refractivity contribution is 5.88. The van der Waals surface area contributed by atoms with E-state index in [0.29, 0.717) is 12.2 Å². The van der Waals surface area contributed by atoms with Gasteiger partial charge in [0.05, 0.1) is 19.6 Å². The highest BCUT2D eigenvalue weighted by atomic mass is 16.5. The van der Waals surface area contributed by atoms with Gasteiger partial charge in [-0.25, -0.2) is 4.79 Å². The summed E-state index contributed by atoms with van der Waals surface area (Å²) in [5.41, 5.74) is 0.402. The Morgan fingerprint density at radius 1 is 1.35 bits per heavy atom. The lowest BCUT2D eigenvalue weighted by Gasteiger charge is -2.01. The molecular weight excluding hydrogens is 220 g/mol. The molecule has 0 saturated heterocycles. The summed E-state index contributed by atoms with van der Waals surface area (Å²) in [6.07, 6.45) is 1.81. The Labute approximate surface area is 102 Å². The Bertz CT molecular complexity index is 354. The Morgan fingerprint density at radius 3 is 2.41 bits per heavy atom. The zero-order valence-electron chi connectivity index (χ0n) is 11.1. The van der Waals surface area contributed by atoms with Crippen molar-refractivity contribution in [3.05, 3.63) is 11.6 Å². The molecule has 1 aliphatic carbocycles. The van der Waals surface area contributed by atoms with Gasteiger partial charge in [-0.1, -0.05) is 19.9 Å². The van der Waals surface area contributed by atoms with Crippen LogP contribution in [-0.4, -0.2) is 25.7 Å². The van der Waals surface area contributed by atoms with Gasteiger partial charge in [-0.2, -0.15) is 0 Å². The van der Waals surface area contributed by atoms with E-state index in [-0.39, 0.29) is 29.2 Å². The van der Waals surface area contributed by atoms with E-state index in [1.54, 1.807) is 13.8 Å². The van der Waals surface area contributed by atoms with Crippen LogP contribution in [0.25, 0.3) is 0 Å². The summed E-state index contributed by atoms with van der Waals surface area (Å²) in [6, 6.07) is 0. The average Bonchev–Trinajstić information content (AvgIpc) is 2.79. The van der Waals surface area contributed by atoms with Crippen LogP contribution in [0.15, 0.2) is 11.6 Å². The van der Waals surface area contributed by atoms with Gasteiger partial charge in [0.1, 0.15) is 0 Å². The van der Waals surface area contributed by atoms with Crippen LogP contribution in [0.3, 0.4) is 0 Å². The van der Waals surface area contributed by atoms with Gasteiger partial charge in [-0.05, 0) is 25.2 Å². The molecule has 0 amide bonds. The van der Waals surface area contributed by atoms with Crippen molar-refractivity contribution in [1.82, 2.24) is 0 Å². The molecule has 0 aromatic rings. The smallest absolute Gasteiger partial charge is 0.333 e. The van der Waals surface area contributed by atoms with Crippen LogP contribution in [0, 0.1) is 17.3 Å². The lowest BCUT2D eigenvalue weighted by atomic mass is 10.1. The van der Waals surface area contributed by atoms with Crippen molar-refractivity contribution in [2.75, 3.05) is 13.7 Å². The fraction of sp³-hybridized carbons (Fsp3) is 0.692. The molecule has 0 spiro atoms. The standard InChI is InChI=1S/C13H20O4/c1-6-17-12(15)10-9(13(10,3)4)7-8(2)11(14)16-5/h7,9-10H,6H2,1-5H3/b8-7-/t9-,10+/m1/s1. The van der Waals surface area contributed by atoms with Crippen LogP contribution in [-0.2, 0) is 19.1 Å². The number of hydrogen-bond acceptors (Lipinski definition) is 4. The third-order valence-electron chi connectivity index (χ3n) is 3.39. The van der Waals surface area contributed by atoms with E-state index < -0.39 is 0 Å². The maximum atomic E-state index is 11.7. The normalized spacial score (nSPS) is 26.3. The molecule has 1 aliphatic rings. The molecule has 1 rings (SSSR count). The first-order valence-corrected chi connectivity index (χ1v) is 5.79. The van der Waals surface area contributed by atoms with Gasteiger partial charge in [0.15, 0.2) is 0 Å². The lowest BCUT2D eigenvalue weighted by molar-refractivity contribution is -0.145. The number of allylic oxidation sites excluding steroid dienone is 1. The van der Waals surface area contributed by atoms with Gasteiger partial charge in [0.25, 0.3) is 0 Å². The maximum Gasteiger partial charge on any atom is 0.333 e. The van der Waals surface area contributed by atoms with E-state index in [1.807, 2.05) is 19.9 Å². The van der Waals surface area contributed by atoms with Crippen molar-refractivity contribution in [2.45, 2.75) is 27.7 Å². The Morgan fingerprint density at radius 2 is 1.94 bits per heavy atom. The highest BCUT2D eigenvalue weighted by Crippen LogP contribution is 2.59. The topological polar surface area (TPSA) is 52.6 Å². The second-order valence-electron chi connectivity index (χ2n) is 4.92. The quantitative estimate of drug-likeness (QED) is 0.556. The fourth-order valence-electron chi connectivity index (χ4n) is 2.17. The molecule has 0 heterocycles. The van der Waals surface area contributed by atoms with Gasteiger partial charge >= 0.3 is 11.9 Å². The number of rotatable bonds is 4. The summed E-state index contributed by atoms with van der Waals surface area (Å²) in [6.45, 7) is 7.87. The summed E-state index contributed by atoms with van der Waals surface area (Å²) in [5.74, 6) is -0.630. The van der Waals surface area contributed by atoms with Gasteiger partial charge in [-0.15, -0.1) is 0 Å². The van der Waals surface area contributed by atoms with Gasteiger partial charge in [0.2, 0.25) is 0 Å². The molecule has 0 radical (unpaired) electrons.